The maximum atomic E-state index is 12.6. The van der Waals surface area contributed by atoms with Gasteiger partial charge < -0.3 is 20.1 Å². The highest BCUT2D eigenvalue weighted by atomic mass is 16.6. The Balaban J connectivity index is 2.78. The predicted octanol–water partition coefficient (Wildman–Crippen LogP) is 3.74. The van der Waals surface area contributed by atoms with Gasteiger partial charge >= 0.3 is 12.1 Å². The largest absolute Gasteiger partial charge is 0.462 e. The van der Waals surface area contributed by atoms with Gasteiger partial charge in [-0.15, -0.1) is 0 Å². The van der Waals surface area contributed by atoms with Crippen molar-refractivity contribution in [2.75, 3.05) is 11.9 Å². The average Bonchev–Trinajstić information content (AvgIpc) is 2.52. The number of anilines is 1. The maximum absolute atomic E-state index is 12.6. The number of alkyl carbamates (subject to hydrolysis) is 1. The summed E-state index contributed by atoms with van der Waals surface area (Å²) in [4.78, 5) is 36.3. The standard InChI is InChI=1S/C20H30N2O5/c1-7-26-18(24)14-8-10-15(11-9-14)21-17(23)16(12-13(2)3)22-19(25)27-20(4,5)6/h8-11,13,16H,7,12H2,1-6H3,(H,21,23)(H,22,25). The minimum atomic E-state index is -0.732. The van der Waals surface area contributed by atoms with Gasteiger partial charge in [-0.1, -0.05) is 13.8 Å². The predicted molar refractivity (Wildman–Crippen MR) is 104 cm³/mol. The van der Waals surface area contributed by atoms with E-state index in [0.29, 0.717) is 24.3 Å². The van der Waals surface area contributed by atoms with E-state index in [1.54, 1.807) is 52.0 Å². The van der Waals surface area contributed by atoms with Crippen LogP contribution >= 0.6 is 0 Å². The van der Waals surface area contributed by atoms with Gasteiger partial charge in [0.25, 0.3) is 0 Å². The average molecular weight is 378 g/mol. The van der Waals surface area contributed by atoms with Gasteiger partial charge in [0, 0.05) is 5.69 Å². The smallest absolute Gasteiger partial charge is 0.408 e. The van der Waals surface area contributed by atoms with Gasteiger partial charge in [0.2, 0.25) is 5.91 Å². The summed E-state index contributed by atoms with van der Waals surface area (Å²) in [6.07, 6.45) is -0.174. The topological polar surface area (TPSA) is 93.7 Å². The number of nitrogens with one attached hydrogen (secondary N) is 2. The zero-order valence-electron chi connectivity index (χ0n) is 16.9. The van der Waals surface area contributed by atoms with Crippen LogP contribution in [0.3, 0.4) is 0 Å². The van der Waals surface area contributed by atoms with E-state index in [4.69, 9.17) is 9.47 Å². The molecule has 0 aliphatic rings. The van der Waals surface area contributed by atoms with E-state index in [1.807, 2.05) is 13.8 Å². The molecule has 1 atom stereocenters. The highest BCUT2D eigenvalue weighted by Gasteiger charge is 2.25. The molecule has 0 aromatic heterocycles. The van der Waals surface area contributed by atoms with Gasteiger partial charge in [0.05, 0.1) is 12.2 Å². The molecule has 2 N–H and O–H groups in total. The van der Waals surface area contributed by atoms with Crippen LogP contribution in [0.2, 0.25) is 0 Å². The van der Waals surface area contributed by atoms with E-state index in [2.05, 4.69) is 10.6 Å². The second-order valence-electron chi connectivity index (χ2n) is 7.62. The second kappa shape index (κ2) is 9.94. The molecule has 1 rings (SSSR count). The van der Waals surface area contributed by atoms with Gasteiger partial charge in [-0.2, -0.15) is 0 Å². The van der Waals surface area contributed by atoms with Crippen molar-refractivity contribution in [3.05, 3.63) is 29.8 Å². The zero-order valence-corrected chi connectivity index (χ0v) is 16.9. The summed E-state index contributed by atoms with van der Waals surface area (Å²) in [5, 5.41) is 5.38. The first-order chi connectivity index (χ1) is 12.5. The molecule has 1 aromatic carbocycles. The number of benzene rings is 1. The number of rotatable bonds is 7. The van der Waals surface area contributed by atoms with Crippen molar-refractivity contribution >= 4 is 23.7 Å². The molecule has 0 spiro atoms. The molecule has 0 saturated heterocycles. The lowest BCUT2D eigenvalue weighted by molar-refractivity contribution is -0.118. The van der Waals surface area contributed by atoms with Crippen LogP contribution in [-0.2, 0) is 14.3 Å². The van der Waals surface area contributed by atoms with Crippen LogP contribution in [0.15, 0.2) is 24.3 Å². The fraction of sp³-hybridized carbons (Fsp3) is 0.550. The summed E-state index contributed by atoms with van der Waals surface area (Å²) in [6.45, 7) is 11.2. The number of carbonyl (C=O) groups excluding carboxylic acids is 3. The van der Waals surface area contributed by atoms with Crippen LogP contribution in [0.4, 0.5) is 10.5 Å². The van der Waals surface area contributed by atoms with Crippen molar-refractivity contribution in [3.8, 4) is 0 Å². The third-order valence-corrected chi connectivity index (χ3v) is 3.38. The van der Waals surface area contributed by atoms with Crippen molar-refractivity contribution in [2.24, 2.45) is 5.92 Å². The van der Waals surface area contributed by atoms with E-state index in [0.717, 1.165) is 0 Å². The van der Waals surface area contributed by atoms with Crippen LogP contribution in [0, 0.1) is 5.92 Å². The molecular formula is C20H30N2O5. The number of amides is 2. The molecule has 0 saturated carbocycles. The molecule has 0 fully saturated rings. The van der Waals surface area contributed by atoms with E-state index >= 15 is 0 Å². The van der Waals surface area contributed by atoms with Crippen LogP contribution in [0.1, 0.15) is 58.3 Å². The van der Waals surface area contributed by atoms with Crippen LogP contribution in [-0.4, -0.2) is 36.2 Å². The number of esters is 1. The van der Waals surface area contributed by atoms with Crippen molar-refractivity contribution in [1.29, 1.82) is 0 Å². The Hall–Kier alpha value is -2.57. The molecule has 0 bridgehead atoms. The number of hydrogen-bond donors (Lipinski definition) is 2. The third-order valence-electron chi connectivity index (χ3n) is 3.38. The Morgan fingerprint density at radius 1 is 1.07 bits per heavy atom. The van der Waals surface area contributed by atoms with E-state index in [-0.39, 0.29) is 11.8 Å². The van der Waals surface area contributed by atoms with E-state index < -0.39 is 23.7 Å². The second-order valence-corrected chi connectivity index (χ2v) is 7.62. The molecule has 7 heteroatoms. The number of ether oxygens (including phenoxy) is 2. The summed E-state index contributed by atoms with van der Waals surface area (Å²) in [6, 6.07) is 5.65. The SMILES string of the molecule is CCOC(=O)c1ccc(NC(=O)C(CC(C)C)NC(=O)OC(C)(C)C)cc1. The third kappa shape index (κ3) is 8.57. The van der Waals surface area contributed by atoms with Crippen molar-refractivity contribution in [3.63, 3.8) is 0 Å². The summed E-state index contributed by atoms with van der Waals surface area (Å²) in [7, 11) is 0. The van der Waals surface area contributed by atoms with Gasteiger partial charge in [0.15, 0.2) is 0 Å². The summed E-state index contributed by atoms with van der Waals surface area (Å²) >= 11 is 0. The first-order valence-electron chi connectivity index (χ1n) is 9.09. The molecule has 7 nitrogen and oxygen atoms in total. The normalized spacial score (nSPS) is 12.3. The van der Waals surface area contributed by atoms with Crippen molar-refractivity contribution in [1.82, 2.24) is 5.32 Å². The monoisotopic (exact) mass is 378 g/mol. The van der Waals surface area contributed by atoms with Crippen LogP contribution in [0.25, 0.3) is 0 Å². The number of carbonyl (C=O) groups is 3. The molecule has 27 heavy (non-hydrogen) atoms. The lowest BCUT2D eigenvalue weighted by atomic mass is 10.0. The molecule has 0 aliphatic heterocycles. The molecule has 0 radical (unpaired) electrons. The molecular weight excluding hydrogens is 348 g/mol. The first-order valence-corrected chi connectivity index (χ1v) is 9.09. The Bertz CT molecular complexity index is 647. The van der Waals surface area contributed by atoms with Crippen molar-refractivity contribution in [2.45, 2.75) is 59.6 Å². The van der Waals surface area contributed by atoms with Crippen LogP contribution in [0.5, 0.6) is 0 Å². The lowest BCUT2D eigenvalue weighted by Gasteiger charge is -2.24. The lowest BCUT2D eigenvalue weighted by Crippen LogP contribution is -2.46. The Morgan fingerprint density at radius 3 is 2.15 bits per heavy atom. The highest BCUT2D eigenvalue weighted by Crippen LogP contribution is 2.14. The van der Waals surface area contributed by atoms with Gasteiger partial charge in [-0.25, -0.2) is 9.59 Å². The summed E-state index contributed by atoms with van der Waals surface area (Å²) in [5.41, 5.74) is 0.277. The number of hydrogen-bond acceptors (Lipinski definition) is 5. The fourth-order valence-corrected chi connectivity index (χ4v) is 2.29. The molecule has 150 valence electrons. The zero-order chi connectivity index (χ0) is 20.6. The quantitative estimate of drug-likeness (QED) is 0.705. The Morgan fingerprint density at radius 2 is 1.67 bits per heavy atom. The fourth-order valence-electron chi connectivity index (χ4n) is 2.29. The van der Waals surface area contributed by atoms with Crippen molar-refractivity contribution < 1.29 is 23.9 Å². The minimum Gasteiger partial charge on any atom is -0.462 e. The first kappa shape index (κ1) is 22.5. The minimum absolute atomic E-state index is 0.196. The summed E-state index contributed by atoms with van der Waals surface area (Å²) < 4.78 is 10.2. The highest BCUT2D eigenvalue weighted by molar-refractivity contribution is 5.97. The van der Waals surface area contributed by atoms with Gasteiger partial charge in [-0.05, 0) is 64.3 Å². The molecule has 2 amide bonds. The van der Waals surface area contributed by atoms with E-state index in [1.165, 1.54) is 0 Å². The molecule has 0 heterocycles. The molecule has 1 aromatic rings. The molecule has 1 unspecified atom stereocenters. The molecule has 0 aliphatic carbocycles. The van der Waals surface area contributed by atoms with E-state index in [9.17, 15) is 14.4 Å². The van der Waals surface area contributed by atoms with Gasteiger partial charge in [0.1, 0.15) is 11.6 Å². The van der Waals surface area contributed by atoms with Gasteiger partial charge in [-0.3, -0.25) is 4.79 Å². The Labute approximate surface area is 160 Å². The maximum Gasteiger partial charge on any atom is 0.408 e. The van der Waals surface area contributed by atoms with Crippen LogP contribution < -0.4 is 10.6 Å². The Kier molecular flexibility index (Phi) is 8.28. The summed E-state index contributed by atoms with van der Waals surface area (Å²) in [5.74, 6) is -0.569.